The van der Waals surface area contributed by atoms with Crippen molar-refractivity contribution < 1.29 is 4.92 Å². The second-order valence-corrected chi connectivity index (χ2v) is 3.89. The van der Waals surface area contributed by atoms with E-state index >= 15 is 0 Å². The van der Waals surface area contributed by atoms with E-state index in [2.05, 4.69) is 24.1 Å². The van der Waals surface area contributed by atoms with Crippen LogP contribution in [0.15, 0.2) is 18.3 Å². The van der Waals surface area contributed by atoms with Crippen LogP contribution in [-0.2, 0) is 0 Å². The second kappa shape index (κ2) is 5.41. The number of nitrogens with two attached hydrogens (primary N) is 1. The van der Waals surface area contributed by atoms with Crippen molar-refractivity contribution in [3.05, 3.63) is 28.4 Å². The summed E-state index contributed by atoms with van der Waals surface area (Å²) in [5.41, 5.74) is 6.35. The first-order chi connectivity index (χ1) is 7.54. The van der Waals surface area contributed by atoms with Crippen LogP contribution in [0.5, 0.6) is 0 Å². The van der Waals surface area contributed by atoms with Gasteiger partial charge < -0.3 is 21.2 Å². The van der Waals surface area contributed by atoms with Gasteiger partial charge in [-0.3, -0.25) is 0 Å². The summed E-state index contributed by atoms with van der Waals surface area (Å²) in [6.45, 7) is 4.63. The van der Waals surface area contributed by atoms with Gasteiger partial charge in [0.1, 0.15) is 0 Å². The molecule has 0 saturated heterocycles. The molecule has 1 unspecified atom stereocenters. The summed E-state index contributed by atoms with van der Waals surface area (Å²) in [5, 5.41) is 13.6. The topological polar surface area (TPSA) is 94.1 Å². The van der Waals surface area contributed by atoms with Gasteiger partial charge in [0.2, 0.25) is 0 Å². The molecule has 88 valence electrons. The molecule has 6 nitrogen and oxygen atoms in total. The van der Waals surface area contributed by atoms with Crippen molar-refractivity contribution in [2.75, 3.05) is 11.9 Å². The van der Waals surface area contributed by atoms with E-state index in [-0.39, 0.29) is 11.9 Å². The van der Waals surface area contributed by atoms with Crippen molar-refractivity contribution in [1.29, 1.82) is 0 Å². The van der Waals surface area contributed by atoms with E-state index in [1.165, 1.54) is 12.3 Å². The summed E-state index contributed by atoms with van der Waals surface area (Å²) in [4.78, 5) is 13.6. The van der Waals surface area contributed by atoms with Crippen molar-refractivity contribution in [1.82, 2.24) is 4.98 Å². The highest BCUT2D eigenvalue weighted by Gasteiger charge is 2.12. The molecule has 0 aromatic carbocycles. The van der Waals surface area contributed by atoms with E-state index in [4.69, 9.17) is 5.73 Å². The molecular formula is C10H16N4O2. The third-order valence-electron chi connectivity index (χ3n) is 2.35. The van der Waals surface area contributed by atoms with Gasteiger partial charge in [0.25, 0.3) is 0 Å². The van der Waals surface area contributed by atoms with Gasteiger partial charge in [-0.15, -0.1) is 0 Å². The first-order valence-corrected chi connectivity index (χ1v) is 5.11. The third kappa shape index (κ3) is 3.16. The molecule has 1 aromatic heterocycles. The minimum absolute atomic E-state index is 0.142. The Hall–Kier alpha value is -1.69. The van der Waals surface area contributed by atoms with Crippen LogP contribution in [-0.4, -0.2) is 22.5 Å². The van der Waals surface area contributed by atoms with Crippen molar-refractivity contribution in [2.24, 2.45) is 11.7 Å². The molecule has 1 heterocycles. The number of pyridine rings is 1. The van der Waals surface area contributed by atoms with Crippen LogP contribution in [0.2, 0.25) is 0 Å². The van der Waals surface area contributed by atoms with Crippen molar-refractivity contribution >= 4 is 11.5 Å². The predicted octanol–water partition coefficient (Wildman–Crippen LogP) is 1.38. The molecule has 0 radical (unpaired) electrons. The van der Waals surface area contributed by atoms with Crippen LogP contribution in [0, 0.1) is 16.0 Å². The smallest absolute Gasteiger partial charge is 0.363 e. The van der Waals surface area contributed by atoms with Gasteiger partial charge in [-0.1, -0.05) is 13.8 Å². The molecule has 0 aliphatic rings. The number of anilines is 1. The average Bonchev–Trinajstić information content (AvgIpc) is 2.26. The van der Waals surface area contributed by atoms with Crippen LogP contribution < -0.4 is 11.1 Å². The molecule has 6 heteroatoms. The van der Waals surface area contributed by atoms with Gasteiger partial charge in [0, 0.05) is 18.7 Å². The van der Waals surface area contributed by atoms with Crippen molar-refractivity contribution in [2.45, 2.75) is 19.9 Å². The molecule has 1 atom stereocenters. The number of hydrogen-bond acceptors (Lipinski definition) is 5. The van der Waals surface area contributed by atoms with Crippen LogP contribution in [0.4, 0.5) is 11.5 Å². The van der Waals surface area contributed by atoms with Crippen LogP contribution in [0.25, 0.3) is 0 Å². The lowest BCUT2D eigenvalue weighted by atomic mass is 10.0. The maximum absolute atomic E-state index is 10.4. The van der Waals surface area contributed by atoms with Gasteiger partial charge >= 0.3 is 5.82 Å². The lowest BCUT2D eigenvalue weighted by Crippen LogP contribution is -2.33. The lowest BCUT2D eigenvalue weighted by Gasteiger charge is -2.20. The van der Waals surface area contributed by atoms with Gasteiger partial charge in [-0.25, -0.2) is 0 Å². The average molecular weight is 224 g/mol. The lowest BCUT2D eigenvalue weighted by molar-refractivity contribution is -0.389. The summed E-state index contributed by atoms with van der Waals surface area (Å²) < 4.78 is 0. The van der Waals surface area contributed by atoms with Crippen LogP contribution in [0.3, 0.4) is 0 Å². The van der Waals surface area contributed by atoms with E-state index < -0.39 is 4.92 Å². The fraction of sp³-hybridized carbons (Fsp3) is 0.500. The van der Waals surface area contributed by atoms with Gasteiger partial charge in [-0.05, 0) is 21.9 Å². The minimum atomic E-state index is -0.521. The van der Waals surface area contributed by atoms with Gasteiger partial charge in [0.05, 0.1) is 5.69 Å². The Morgan fingerprint density at radius 3 is 2.62 bits per heavy atom. The summed E-state index contributed by atoms with van der Waals surface area (Å²) in [6, 6.07) is 3.15. The molecule has 0 fully saturated rings. The van der Waals surface area contributed by atoms with E-state index in [0.29, 0.717) is 12.5 Å². The standard InChI is InChI=1S/C10H16N4O2/c1-7(2)9(5-11)13-8-3-4-10(12-6-8)14(15)16/h3-4,6-7,9,13H,5,11H2,1-2H3. The largest absolute Gasteiger partial charge is 0.378 e. The number of nitrogens with zero attached hydrogens (tertiary/aromatic N) is 2. The summed E-state index contributed by atoms with van der Waals surface area (Å²) in [5.74, 6) is 0.236. The number of aromatic nitrogens is 1. The molecule has 0 aliphatic heterocycles. The van der Waals surface area contributed by atoms with E-state index in [1.807, 2.05) is 0 Å². The number of nitro groups is 1. The summed E-state index contributed by atoms with van der Waals surface area (Å²) in [6.07, 6.45) is 1.45. The zero-order chi connectivity index (χ0) is 12.1. The Kier molecular flexibility index (Phi) is 4.19. The Morgan fingerprint density at radius 1 is 1.56 bits per heavy atom. The maximum atomic E-state index is 10.4. The second-order valence-electron chi connectivity index (χ2n) is 3.89. The first-order valence-electron chi connectivity index (χ1n) is 5.11. The normalized spacial score (nSPS) is 12.5. The number of hydrogen-bond donors (Lipinski definition) is 2. The molecule has 0 spiro atoms. The first kappa shape index (κ1) is 12.4. The fourth-order valence-corrected chi connectivity index (χ4v) is 1.29. The van der Waals surface area contributed by atoms with E-state index in [0.717, 1.165) is 5.69 Å². The molecule has 0 aliphatic carbocycles. The zero-order valence-corrected chi connectivity index (χ0v) is 9.38. The monoisotopic (exact) mass is 224 g/mol. The van der Waals surface area contributed by atoms with E-state index in [9.17, 15) is 10.1 Å². The maximum Gasteiger partial charge on any atom is 0.363 e. The van der Waals surface area contributed by atoms with E-state index in [1.54, 1.807) is 6.07 Å². The third-order valence-corrected chi connectivity index (χ3v) is 2.35. The quantitative estimate of drug-likeness (QED) is 0.582. The zero-order valence-electron chi connectivity index (χ0n) is 9.38. The fourth-order valence-electron chi connectivity index (χ4n) is 1.29. The highest BCUT2D eigenvalue weighted by atomic mass is 16.6. The Balaban J connectivity index is 2.71. The van der Waals surface area contributed by atoms with Crippen molar-refractivity contribution in [3.8, 4) is 0 Å². The minimum Gasteiger partial charge on any atom is -0.378 e. The molecule has 16 heavy (non-hydrogen) atoms. The summed E-state index contributed by atoms with van der Waals surface area (Å²) >= 11 is 0. The predicted molar refractivity (Wildman–Crippen MR) is 62.2 cm³/mol. The van der Waals surface area contributed by atoms with Crippen molar-refractivity contribution in [3.63, 3.8) is 0 Å². The highest BCUT2D eigenvalue weighted by Crippen LogP contribution is 2.14. The highest BCUT2D eigenvalue weighted by molar-refractivity contribution is 5.44. The Labute approximate surface area is 94.0 Å². The molecule has 0 saturated carbocycles. The Bertz CT molecular complexity index is 350. The Morgan fingerprint density at radius 2 is 2.25 bits per heavy atom. The molecule has 3 N–H and O–H groups in total. The molecule has 0 amide bonds. The number of rotatable bonds is 5. The molecular weight excluding hydrogens is 208 g/mol. The van der Waals surface area contributed by atoms with Gasteiger partial charge in [-0.2, -0.15) is 0 Å². The summed E-state index contributed by atoms with van der Waals surface area (Å²) in [7, 11) is 0. The number of nitrogens with one attached hydrogen (secondary N) is 1. The van der Waals surface area contributed by atoms with Gasteiger partial charge in [0.15, 0.2) is 6.20 Å². The molecule has 1 aromatic rings. The SMILES string of the molecule is CC(C)C(CN)Nc1ccc([N+](=O)[O-])nc1. The molecule has 1 rings (SSSR count). The molecule has 0 bridgehead atoms. The van der Waals surface area contributed by atoms with Crippen LogP contribution in [0.1, 0.15) is 13.8 Å². The van der Waals surface area contributed by atoms with Crippen LogP contribution >= 0.6 is 0 Å².